The van der Waals surface area contributed by atoms with Gasteiger partial charge in [0.25, 0.3) is 0 Å². The predicted molar refractivity (Wildman–Crippen MR) is 114 cm³/mol. The number of piperazine rings is 1. The molecular formula is C22H38N4O4. The van der Waals surface area contributed by atoms with Gasteiger partial charge in [0.1, 0.15) is 5.60 Å². The summed E-state index contributed by atoms with van der Waals surface area (Å²) in [6.07, 6.45) is 4.14. The summed E-state index contributed by atoms with van der Waals surface area (Å²) in [6, 6.07) is 0.240. The lowest BCUT2D eigenvalue weighted by atomic mass is 9.93. The molecule has 3 amide bonds. The van der Waals surface area contributed by atoms with Crippen LogP contribution in [0, 0.1) is 5.92 Å². The smallest absolute Gasteiger partial charge is 0.410 e. The van der Waals surface area contributed by atoms with Gasteiger partial charge in [-0.1, -0.05) is 0 Å². The molecular weight excluding hydrogens is 384 g/mol. The average Bonchev–Trinajstić information content (AvgIpc) is 3.50. The van der Waals surface area contributed by atoms with Gasteiger partial charge < -0.3 is 19.9 Å². The Hall–Kier alpha value is -1.83. The Labute approximate surface area is 180 Å². The van der Waals surface area contributed by atoms with E-state index >= 15 is 0 Å². The molecule has 3 fully saturated rings. The molecule has 1 N–H and O–H groups in total. The first-order valence-corrected chi connectivity index (χ1v) is 11.4. The van der Waals surface area contributed by atoms with Crippen LogP contribution in [0.4, 0.5) is 4.79 Å². The van der Waals surface area contributed by atoms with Gasteiger partial charge in [-0.15, -0.1) is 0 Å². The Morgan fingerprint density at radius 3 is 2.07 bits per heavy atom. The molecule has 3 aliphatic rings. The van der Waals surface area contributed by atoms with Gasteiger partial charge in [0.2, 0.25) is 11.8 Å². The summed E-state index contributed by atoms with van der Waals surface area (Å²) in [5.41, 5.74) is -0.484. The van der Waals surface area contributed by atoms with Crippen molar-refractivity contribution in [3.8, 4) is 0 Å². The lowest BCUT2D eigenvalue weighted by molar-refractivity contribution is -0.135. The molecule has 2 saturated heterocycles. The zero-order valence-electron chi connectivity index (χ0n) is 19.0. The second-order valence-electron chi connectivity index (χ2n) is 9.99. The number of piperidine rings is 1. The highest BCUT2D eigenvalue weighted by atomic mass is 16.6. The fourth-order valence-corrected chi connectivity index (χ4v) is 4.10. The van der Waals surface area contributed by atoms with E-state index in [1.807, 2.05) is 32.6 Å². The first kappa shape index (κ1) is 22.8. The second-order valence-corrected chi connectivity index (χ2v) is 9.99. The van der Waals surface area contributed by atoms with Crippen molar-refractivity contribution in [2.24, 2.45) is 5.92 Å². The SMILES string of the molecule is CC(C(=O)NC1CC1)N1CCN(C(=O)CC2CCN(C(=O)OC(C)(C)C)CC2)CC1. The third-order valence-corrected chi connectivity index (χ3v) is 6.25. The lowest BCUT2D eigenvalue weighted by Gasteiger charge is -2.38. The topological polar surface area (TPSA) is 82.2 Å². The minimum Gasteiger partial charge on any atom is -0.444 e. The molecule has 8 nitrogen and oxygen atoms in total. The van der Waals surface area contributed by atoms with Crippen LogP contribution in [0.5, 0.6) is 0 Å². The Morgan fingerprint density at radius 1 is 0.933 bits per heavy atom. The van der Waals surface area contributed by atoms with E-state index in [-0.39, 0.29) is 23.9 Å². The second kappa shape index (κ2) is 9.54. The molecule has 0 radical (unpaired) electrons. The third kappa shape index (κ3) is 6.59. The van der Waals surface area contributed by atoms with Crippen LogP contribution in [0.2, 0.25) is 0 Å². The Balaban J connectivity index is 1.36. The maximum absolute atomic E-state index is 12.8. The van der Waals surface area contributed by atoms with Gasteiger partial charge in [-0.05, 0) is 59.3 Å². The number of hydrogen-bond donors (Lipinski definition) is 1. The van der Waals surface area contributed by atoms with Crippen molar-refractivity contribution in [1.82, 2.24) is 20.0 Å². The Bertz CT molecular complexity index is 628. The van der Waals surface area contributed by atoms with Gasteiger partial charge in [-0.25, -0.2) is 4.79 Å². The summed E-state index contributed by atoms with van der Waals surface area (Å²) < 4.78 is 5.44. The first-order chi connectivity index (χ1) is 14.1. The van der Waals surface area contributed by atoms with Gasteiger partial charge >= 0.3 is 6.09 Å². The van der Waals surface area contributed by atoms with Crippen molar-refractivity contribution in [3.63, 3.8) is 0 Å². The van der Waals surface area contributed by atoms with Gasteiger partial charge in [0, 0.05) is 51.7 Å². The molecule has 30 heavy (non-hydrogen) atoms. The molecule has 0 aromatic carbocycles. The van der Waals surface area contributed by atoms with Crippen molar-refractivity contribution in [3.05, 3.63) is 0 Å². The van der Waals surface area contributed by atoms with E-state index < -0.39 is 5.60 Å². The van der Waals surface area contributed by atoms with E-state index in [1.54, 1.807) is 4.90 Å². The number of likely N-dealkylation sites (tertiary alicyclic amines) is 1. The molecule has 2 heterocycles. The minimum atomic E-state index is -0.484. The summed E-state index contributed by atoms with van der Waals surface area (Å²) in [5.74, 6) is 0.618. The van der Waals surface area contributed by atoms with Gasteiger partial charge in [0.05, 0.1) is 6.04 Å². The quantitative estimate of drug-likeness (QED) is 0.731. The minimum absolute atomic E-state index is 0.106. The number of nitrogens with zero attached hydrogens (tertiary/aromatic N) is 3. The Kier molecular flexibility index (Phi) is 7.26. The van der Waals surface area contributed by atoms with E-state index in [0.717, 1.165) is 38.8 Å². The monoisotopic (exact) mass is 422 g/mol. The molecule has 0 spiro atoms. The van der Waals surface area contributed by atoms with E-state index in [0.29, 0.717) is 44.6 Å². The Morgan fingerprint density at radius 2 is 1.53 bits per heavy atom. The number of carbonyl (C=O) groups is 3. The van der Waals surface area contributed by atoms with Crippen LogP contribution in [0.15, 0.2) is 0 Å². The maximum Gasteiger partial charge on any atom is 0.410 e. The highest BCUT2D eigenvalue weighted by Gasteiger charge is 2.32. The van der Waals surface area contributed by atoms with Crippen molar-refractivity contribution in [2.75, 3.05) is 39.3 Å². The van der Waals surface area contributed by atoms with Crippen LogP contribution in [0.1, 0.15) is 59.8 Å². The molecule has 1 aliphatic carbocycles. The summed E-state index contributed by atoms with van der Waals surface area (Å²) in [5, 5.41) is 3.06. The molecule has 0 bridgehead atoms. The molecule has 0 aromatic heterocycles. The van der Waals surface area contributed by atoms with Gasteiger partial charge in [0.15, 0.2) is 0 Å². The van der Waals surface area contributed by atoms with Crippen molar-refractivity contribution in [2.45, 2.75) is 77.5 Å². The molecule has 1 unspecified atom stereocenters. The highest BCUT2D eigenvalue weighted by molar-refractivity contribution is 5.82. The van der Waals surface area contributed by atoms with Crippen LogP contribution < -0.4 is 5.32 Å². The van der Waals surface area contributed by atoms with Crippen molar-refractivity contribution < 1.29 is 19.1 Å². The third-order valence-electron chi connectivity index (χ3n) is 6.25. The number of carbonyl (C=O) groups excluding carboxylic acids is 3. The molecule has 0 aromatic rings. The number of amides is 3. The zero-order chi connectivity index (χ0) is 21.9. The standard InChI is InChI=1S/C22H38N4O4/c1-16(20(28)23-18-5-6-18)24-11-13-25(14-12-24)19(27)15-17-7-9-26(10-8-17)21(29)30-22(2,3)4/h16-18H,5-15H2,1-4H3,(H,23,28). The van der Waals surface area contributed by atoms with Crippen LogP contribution in [0.25, 0.3) is 0 Å². The molecule has 1 atom stereocenters. The maximum atomic E-state index is 12.8. The van der Waals surface area contributed by atoms with Crippen LogP contribution in [-0.2, 0) is 14.3 Å². The lowest BCUT2D eigenvalue weighted by Crippen LogP contribution is -2.55. The predicted octanol–water partition coefficient (Wildman–Crippen LogP) is 1.83. The summed E-state index contributed by atoms with van der Waals surface area (Å²) in [6.45, 7) is 11.7. The number of rotatable bonds is 5. The first-order valence-electron chi connectivity index (χ1n) is 11.4. The van der Waals surface area contributed by atoms with Gasteiger partial charge in [-0.2, -0.15) is 0 Å². The largest absolute Gasteiger partial charge is 0.444 e. The summed E-state index contributed by atoms with van der Waals surface area (Å²) in [7, 11) is 0. The fourth-order valence-electron chi connectivity index (χ4n) is 4.10. The highest BCUT2D eigenvalue weighted by Crippen LogP contribution is 2.24. The van der Waals surface area contributed by atoms with Crippen molar-refractivity contribution >= 4 is 17.9 Å². The normalized spacial score (nSPS) is 22.5. The number of hydrogen-bond acceptors (Lipinski definition) is 5. The van der Waals surface area contributed by atoms with Crippen LogP contribution in [-0.4, -0.2) is 89.6 Å². The number of nitrogens with one attached hydrogen (secondary N) is 1. The van der Waals surface area contributed by atoms with E-state index in [2.05, 4.69) is 10.2 Å². The summed E-state index contributed by atoms with van der Waals surface area (Å²) >= 11 is 0. The molecule has 3 rings (SSSR count). The van der Waals surface area contributed by atoms with Crippen LogP contribution in [0.3, 0.4) is 0 Å². The zero-order valence-corrected chi connectivity index (χ0v) is 19.0. The number of ether oxygens (including phenoxy) is 1. The van der Waals surface area contributed by atoms with E-state index in [9.17, 15) is 14.4 Å². The van der Waals surface area contributed by atoms with Crippen molar-refractivity contribution in [1.29, 1.82) is 0 Å². The van der Waals surface area contributed by atoms with Crippen LogP contribution >= 0.6 is 0 Å². The molecule has 170 valence electrons. The molecule has 1 saturated carbocycles. The van der Waals surface area contributed by atoms with E-state index in [4.69, 9.17) is 4.74 Å². The fraction of sp³-hybridized carbons (Fsp3) is 0.864. The van der Waals surface area contributed by atoms with Gasteiger partial charge in [-0.3, -0.25) is 14.5 Å². The molecule has 2 aliphatic heterocycles. The van der Waals surface area contributed by atoms with E-state index in [1.165, 1.54) is 0 Å². The average molecular weight is 423 g/mol. The molecule has 8 heteroatoms. The summed E-state index contributed by atoms with van der Waals surface area (Å²) in [4.78, 5) is 43.0.